The molecular weight excluding hydrogens is 588 g/mol. The zero-order valence-electron chi connectivity index (χ0n) is 29.6. The molecule has 3 heterocycles. The maximum atomic E-state index is 13.2. The van der Waals surface area contributed by atoms with E-state index in [9.17, 15) is 19.8 Å². The summed E-state index contributed by atoms with van der Waals surface area (Å²) in [5.41, 5.74) is -1.06. The number of nitrogens with zero attached hydrogens (tertiary/aromatic N) is 2. The van der Waals surface area contributed by atoms with Crippen LogP contribution < -0.4 is 0 Å². The van der Waals surface area contributed by atoms with Crippen molar-refractivity contribution in [3.05, 3.63) is 36.0 Å². The van der Waals surface area contributed by atoms with Crippen LogP contribution in [0.4, 0.5) is 4.79 Å². The van der Waals surface area contributed by atoms with Gasteiger partial charge in [-0.2, -0.15) is 0 Å². The van der Waals surface area contributed by atoms with E-state index in [1.807, 2.05) is 66.8 Å². The lowest BCUT2D eigenvalue weighted by Crippen LogP contribution is -2.50. The summed E-state index contributed by atoms with van der Waals surface area (Å²) in [7, 11) is 3.68. The molecule has 2 saturated heterocycles. The van der Waals surface area contributed by atoms with Crippen molar-refractivity contribution in [2.24, 2.45) is 17.8 Å². The second-order valence-corrected chi connectivity index (χ2v) is 14.4. The molecule has 2 N–H and O–H groups in total. The summed E-state index contributed by atoms with van der Waals surface area (Å²) < 4.78 is 24.0. The Kier molecular flexibility index (Phi) is 13.9. The second kappa shape index (κ2) is 16.7. The van der Waals surface area contributed by atoms with Gasteiger partial charge in [-0.05, 0) is 64.6 Å². The molecule has 3 rings (SSSR count). The monoisotopic (exact) mass is 648 g/mol. The Bertz CT molecular complexity index is 1100. The molecule has 0 aliphatic carbocycles. The first kappa shape index (κ1) is 38.2. The molecule has 0 aromatic carbocycles. The Morgan fingerprint density at radius 2 is 1.91 bits per heavy atom. The average molecular weight is 649 g/mol. The minimum Gasteiger partial charge on any atom is -0.457 e. The number of methoxy groups -OCH3 is 1. The average Bonchev–Trinajstić information content (AvgIpc) is 3.77. The van der Waals surface area contributed by atoms with Gasteiger partial charge >= 0.3 is 12.1 Å². The zero-order valence-corrected chi connectivity index (χ0v) is 29.6. The molecule has 0 radical (unpaired) electrons. The van der Waals surface area contributed by atoms with Crippen LogP contribution in [0.1, 0.15) is 80.6 Å². The number of hydrogen-bond acceptors (Lipinski definition) is 9. The van der Waals surface area contributed by atoms with Gasteiger partial charge in [-0.3, -0.25) is 4.79 Å². The molecule has 3 aliphatic rings. The Balaban J connectivity index is 1.77. The van der Waals surface area contributed by atoms with Crippen molar-refractivity contribution >= 4 is 12.1 Å². The minimum absolute atomic E-state index is 0.0154. The van der Waals surface area contributed by atoms with Gasteiger partial charge in [-0.25, -0.2) is 4.79 Å². The van der Waals surface area contributed by atoms with Crippen molar-refractivity contribution in [2.45, 2.75) is 122 Å². The summed E-state index contributed by atoms with van der Waals surface area (Å²) in [6.07, 6.45) is 9.75. The quantitative estimate of drug-likeness (QED) is 0.148. The topological polar surface area (TPSA) is 121 Å². The van der Waals surface area contributed by atoms with E-state index < -0.39 is 29.5 Å². The third-order valence-corrected chi connectivity index (χ3v) is 10.1. The third kappa shape index (κ3) is 10.9. The summed E-state index contributed by atoms with van der Waals surface area (Å²) in [5.74, 6) is -0.438. The number of epoxide rings is 1. The van der Waals surface area contributed by atoms with Gasteiger partial charge in [0.1, 0.15) is 11.7 Å². The van der Waals surface area contributed by atoms with Gasteiger partial charge in [0.25, 0.3) is 0 Å². The first-order valence-corrected chi connectivity index (χ1v) is 17.1. The number of carbonyl (C=O) groups excluding carboxylic acids is 2. The summed E-state index contributed by atoms with van der Waals surface area (Å²) in [5, 5.41) is 21.2. The number of rotatable bonds is 10. The van der Waals surface area contributed by atoms with Crippen molar-refractivity contribution in [3.8, 4) is 0 Å². The second-order valence-electron chi connectivity index (χ2n) is 14.4. The summed E-state index contributed by atoms with van der Waals surface area (Å²) in [4.78, 5) is 30.2. The molecule has 10 heteroatoms. The molecule has 10 nitrogen and oxygen atoms in total. The van der Waals surface area contributed by atoms with E-state index in [-0.39, 0.29) is 48.4 Å². The molecule has 0 unspecified atom stereocenters. The van der Waals surface area contributed by atoms with E-state index >= 15 is 0 Å². The number of aliphatic hydroxyl groups excluding tert-OH is 1. The van der Waals surface area contributed by atoms with E-state index in [0.717, 1.165) is 18.7 Å². The highest BCUT2D eigenvalue weighted by atomic mass is 16.6. The summed E-state index contributed by atoms with van der Waals surface area (Å²) >= 11 is 0. The Hall–Kier alpha value is -2.24. The molecular formula is C36H60N2O8. The number of carbonyl (C=O) groups is 2. The largest absolute Gasteiger partial charge is 0.457 e. The van der Waals surface area contributed by atoms with E-state index in [0.29, 0.717) is 38.8 Å². The van der Waals surface area contributed by atoms with Gasteiger partial charge in [0, 0.05) is 58.0 Å². The van der Waals surface area contributed by atoms with E-state index in [2.05, 4.69) is 4.90 Å². The number of likely N-dealkylation sites (N-methyl/N-ethyl adjacent to an activating group) is 1. The predicted octanol–water partition coefficient (Wildman–Crippen LogP) is 4.89. The van der Waals surface area contributed by atoms with Crippen molar-refractivity contribution in [1.82, 2.24) is 9.80 Å². The van der Waals surface area contributed by atoms with Crippen molar-refractivity contribution < 1.29 is 38.7 Å². The van der Waals surface area contributed by atoms with Gasteiger partial charge in [0.05, 0.1) is 23.9 Å². The standard InChI is InChI=1S/C36H60N2O8/c1-10-28(39)27(5)33-29(44-33)23-35(6,42)16-11-12-25(3)32-26(4)13-14-30(45-34(41)38-20-18-37(8)19-21-38)36(7,43-9)17-15-24(2)22-31(40)46-32/h11-14,16,24,26-30,32-33,39,42H,10,15,17-23H2,1-9H3/b14-13+,16-11+,25-12+/t24-,26+,27-,28+,29-,30+,32-,33-,35+,36-/m1/s1. The maximum absolute atomic E-state index is 13.2. The van der Waals surface area contributed by atoms with Crippen LogP contribution in [0.2, 0.25) is 0 Å². The fourth-order valence-electron chi connectivity index (χ4n) is 6.35. The molecule has 0 spiro atoms. The molecule has 1 amide bonds. The van der Waals surface area contributed by atoms with E-state index in [4.69, 9.17) is 18.9 Å². The molecule has 0 aromatic heterocycles. The lowest BCUT2D eigenvalue weighted by atomic mass is 9.86. The maximum Gasteiger partial charge on any atom is 0.410 e. The molecule has 0 saturated carbocycles. The minimum atomic E-state index is -1.11. The molecule has 46 heavy (non-hydrogen) atoms. The molecule has 3 aliphatic heterocycles. The molecule has 0 aromatic rings. The van der Waals surface area contributed by atoms with Crippen LogP contribution in [0.15, 0.2) is 36.0 Å². The predicted molar refractivity (Wildman–Crippen MR) is 178 cm³/mol. The number of esters is 1. The van der Waals surface area contributed by atoms with Gasteiger partial charge in [0.2, 0.25) is 0 Å². The molecule has 0 bridgehead atoms. The van der Waals surface area contributed by atoms with Gasteiger partial charge in [-0.15, -0.1) is 0 Å². The zero-order chi connectivity index (χ0) is 34.2. The molecule has 10 atom stereocenters. The smallest absolute Gasteiger partial charge is 0.410 e. The highest BCUT2D eigenvalue weighted by Crippen LogP contribution is 2.38. The number of aliphatic hydroxyl groups is 2. The van der Waals surface area contributed by atoms with Crippen LogP contribution >= 0.6 is 0 Å². The van der Waals surface area contributed by atoms with Crippen LogP contribution in [0, 0.1) is 17.8 Å². The number of ether oxygens (including phenoxy) is 4. The van der Waals surface area contributed by atoms with Crippen molar-refractivity contribution in [3.63, 3.8) is 0 Å². The molecule has 262 valence electrons. The lowest BCUT2D eigenvalue weighted by Gasteiger charge is -2.38. The third-order valence-electron chi connectivity index (χ3n) is 10.1. The Morgan fingerprint density at radius 1 is 1.24 bits per heavy atom. The number of hydrogen-bond donors (Lipinski definition) is 2. The van der Waals surface area contributed by atoms with E-state index in [1.54, 1.807) is 31.1 Å². The SMILES string of the molecule is CC[C@H](O)[C@@H](C)[C@H]1O[C@@H]1C[C@@](C)(O)/C=C/C=C(\C)[C@H]1OC(=O)C[C@H](C)CC[C@@](C)(OC)[C@@H](OC(=O)N2CCN(C)CC2)/C=C/[C@@H]1C. The van der Waals surface area contributed by atoms with Crippen LogP contribution in [0.5, 0.6) is 0 Å². The van der Waals surface area contributed by atoms with Crippen LogP contribution in [-0.2, 0) is 23.7 Å². The van der Waals surface area contributed by atoms with Crippen molar-refractivity contribution in [2.75, 3.05) is 40.3 Å². The van der Waals surface area contributed by atoms with Crippen LogP contribution in [0.25, 0.3) is 0 Å². The van der Waals surface area contributed by atoms with Crippen LogP contribution in [0.3, 0.4) is 0 Å². The first-order chi connectivity index (χ1) is 21.6. The highest BCUT2D eigenvalue weighted by molar-refractivity contribution is 5.70. The van der Waals surface area contributed by atoms with Gasteiger partial charge in [0.15, 0.2) is 6.10 Å². The number of piperazine rings is 1. The summed E-state index contributed by atoms with van der Waals surface area (Å²) in [6, 6.07) is 0. The Labute approximate surface area is 276 Å². The van der Waals surface area contributed by atoms with Crippen LogP contribution in [-0.4, -0.2) is 114 Å². The molecule has 2 fully saturated rings. The van der Waals surface area contributed by atoms with E-state index in [1.165, 1.54) is 0 Å². The summed E-state index contributed by atoms with van der Waals surface area (Å²) in [6.45, 7) is 16.3. The van der Waals surface area contributed by atoms with Crippen molar-refractivity contribution in [1.29, 1.82) is 0 Å². The Morgan fingerprint density at radius 3 is 2.54 bits per heavy atom. The number of allylic oxidation sites excluding steroid dienone is 2. The fourth-order valence-corrected chi connectivity index (χ4v) is 6.35. The first-order valence-electron chi connectivity index (χ1n) is 17.1. The normalized spacial score (nSPS) is 35.3. The number of cyclic esters (lactones) is 1. The highest BCUT2D eigenvalue weighted by Gasteiger charge is 2.47. The number of amides is 1. The van der Waals surface area contributed by atoms with Gasteiger partial charge < -0.3 is 39.0 Å². The van der Waals surface area contributed by atoms with Gasteiger partial charge in [-0.1, -0.05) is 52.0 Å². The lowest BCUT2D eigenvalue weighted by molar-refractivity contribution is -0.150. The fraction of sp³-hybridized carbons (Fsp3) is 0.778.